The van der Waals surface area contributed by atoms with Crippen LogP contribution in [0, 0.1) is 0 Å². The van der Waals surface area contributed by atoms with Crippen LogP contribution in [0.5, 0.6) is 0 Å². The molecular weight excluding hydrogens is 102 g/mol. The third-order valence-corrected chi connectivity index (χ3v) is 1.28. The molecule has 2 nitrogen and oxygen atoms in total. The predicted octanol–water partition coefficient (Wildman–Crippen LogP) is 0.866. The van der Waals surface area contributed by atoms with Gasteiger partial charge in [0.05, 0.1) is 6.10 Å². The van der Waals surface area contributed by atoms with Crippen molar-refractivity contribution in [1.82, 2.24) is 0 Å². The molecule has 1 saturated heterocycles. The second-order valence-corrected chi connectivity index (χ2v) is 1.96. The molecule has 8 heavy (non-hydrogen) atoms. The van der Waals surface area contributed by atoms with Crippen LogP contribution in [0.25, 0.3) is 0 Å². The Balaban J connectivity index is 2.24. The van der Waals surface area contributed by atoms with Crippen LogP contribution in [0.1, 0.15) is 12.8 Å². The summed E-state index contributed by atoms with van der Waals surface area (Å²) in [6, 6.07) is 0. The normalized spacial score (nSPS) is 29.9. The third-order valence-electron chi connectivity index (χ3n) is 1.28. The fourth-order valence-electron chi connectivity index (χ4n) is 0.886. The molecular formula is C6H11NO. The Morgan fingerprint density at radius 2 is 2.62 bits per heavy atom. The van der Waals surface area contributed by atoms with E-state index in [1.165, 1.54) is 6.42 Å². The molecule has 2 heteroatoms. The molecule has 0 spiro atoms. The smallest absolute Gasteiger partial charge is 0.0922 e. The van der Waals surface area contributed by atoms with Crippen molar-refractivity contribution in [2.24, 2.45) is 4.99 Å². The summed E-state index contributed by atoms with van der Waals surface area (Å²) in [6.45, 7) is 0.913. The van der Waals surface area contributed by atoms with Crippen molar-refractivity contribution in [2.45, 2.75) is 18.9 Å². The van der Waals surface area contributed by atoms with E-state index in [-0.39, 0.29) is 0 Å². The SMILES string of the molecule is C/N=C/[C@@H]1CCCO1. The van der Waals surface area contributed by atoms with Crippen molar-refractivity contribution >= 4 is 6.21 Å². The van der Waals surface area contributed by atoms with Gasteiger partial charge in [-0.1, -0.05) is 0 Å². The fraction of sp³-hybridized carbons (Fsp3) is 0.833. The number of ether oxygens (including phenoxy) is 1. The Hall–Kier alpha value is -0.370. The zero-order valence-electron chi connectivity index (χ0n) is 5.13. The summed E-state index contributed by atoms with van der Waals surface area (Å²) in [6.07, 6.45) is 4.53. The van der Waals surface area contributed by atoms with Gasteiger partial charge in [-0.3, -0.25) is 4.99 Å². The quantitative estimate of drug-likeness (QED) is 0.462. The minimum absolute atomic E-state index is 0.319. The van der Waals surface area contributed by atoms with Crippen LogP contribution >= 0.6 is 0 Å². The zero-order valence-corrected chi connectivity index (χ0v) is 5.13. The lowest BCUT2D eigenvalue weighted by atomic mass is 10.3. The Kier molecular flexibility index (Phi) is 2.03. The van der Waals surface area contributed by atoms with Gasteiger partial charge >= 0.3 is 0 Å². The van der Waals surface area contributed by atoms with Gasteiger partial charge in [0.25, 0.3) is 0 Å². The van der Waals surface area contributed by atoms with Gasteiger partial charge in [0.2, 0.25) is 0 Å². The molecule has 0 unspecified atom stereocenters. The highest BCUT2D eigenvalue weighted by molar-refractivity contribution is 5.63. The molecule has 46 valence electrons. The lowest BCUT2D eigenvalue weighted by Gasteiger charge is -1.97. The molecule has 0 aromatic heterocycles. The van der Waals surface area contributed by atoms with Gasteiger partial charge in [-0.15, -0.1) is 0 Å². The molecule has 1 aliphatic heterocycles. The van der Waals surface area contributed by atoms with E-state index in [4.69, 9.17) is 4.74 Å². The van der Waals surface area contributed by atoms with Crippen LogP contribution < -0.4 is 0 Å². The standard InChI is InChI=1S/C6H11NO/c1-7-5-6-3-2-4-8-6/h5-6H,2-4H2,1H3/b7-5+/t6-/m0/s1. The minimum atomic E-state index is 0.319. The van der Waals surface area contributed by atoms with E-state index in [1.54, 1.807) is 7.05 Å². The number of nitrogens with zero attached hydrogens (tertiary/aromatic N) is 1. The average Bonchev–Trinajstić information content (AvgIpc) is 2.19. The van der Waals surface area contributed by atoms with Crippen molar-refractivity contribution in [2.75, 3.05) is 13.7 Å². The van der Waals surface area contributed by atoms with Crippen LogP contribution in [0.2, 0.25) is 0 Å². The van der Waals surface area contributed by atoms with E-state index < -0.39 is 0 Å². The van der Waals surface area contributed by atoms with Gasteiger partial charge in [0, 0.05) is 19.9 Å². The Morgan fingerprint density at radius 3 is 3.12 bits per heavy atom. The first kappa shape index (κ1) is 5.76. The number of hydrogen-bond acceptors (Lipinski definition) is 2. The van der Waals surface area contributed by atoms with Gasteiger partial charge < -0.3 is 4.74 Å². The highest BCUT2D eigenvalue weighted by Gasteiger charge is 2.11. The molecule has 1 aliphatic rings. The third kappa shape index (κ3) is 1.30. The maximum atomic E-state index is 5.24. The summed E-state index contributed by atoms with van der Waals surface area (Å²) in [5, 5.41) is 0. The minimum Gasteiger partial charge on any atom is -0.373 e. The highest BCUT2D eigenvalue weighted by Crippen LogP contribution is 2.08. The van der Waals surface area contributed by atoms with Gasteiger partial charge in [-0.2, -0.15) is 0 Å². The second kappa shape index (κ2) is 2.82. The summed E-state index contributed by atoms with van der Waals surface area (Å²) in [7, 11) is 1.78. The number of rotatable bonds is 1. The number of aliphatic imine (C=N–C) groups is 1. The van der Waals surface area contributed by atoms with Gasteiger partial charge in [-0.25, -0.2) is 0 Å². The monoisotopic (exact) mass is 113 g/mol. The molecule has 1 heterocycles. The Labute approximate surface area is 49.6 Å². The first-order chi connectivity index (χ1) is 3.93. The molecule has 0 aromatic rings. The summed E-state index contributed by atoms with van der Waals surface area (Å²) >= 11 is 0. The zero-order chi connectivity index (χ0) is 5.82. The van der Waals surface area contributed by atoms with Crippen molar-refractivity contribution in [3.05, 3.63) is 0 Å². The van der Waals surface area contributed by atoms with Gasteiger partial charge in [0.1, 0.15) is 0 Å². The maximum Gasteiger partial charge on any atom is 0.0922 e. The molecule has 0 aromatic carbocycles. The van der Waals surface area contributed by atoms with Crippen LogP contribution in [-0.2, 0) is 4.74 Å². The van der Waals surface area contributed by atoms with Gasteiger partial charge in [-0.05, 0) is 12.8 Å². The molecule has 0 aliphatic carbocycles. The van der Waals surface area contributed by atoms with E-state index in [0.717, 1.165) is 13.0 Å². The molecule has 0 radical (unpaired) electrons. The molecule has 0 amide bonds. The van der Waals surface area contributed by atoms with Crippen molar-refractivity contribution in [1.29, 1.82) is 0 Å². The Bertz CT molecular complexity index is 84.5. The van der Waals surface area contributed by atoms with Crippen LogP contribution in [0.3, 0.4) is 0 Å². The predicted molar refractivity (Wildman–Crippen MR) is 33.4 cm³/mol. The topological polar surface area (TPSA) is 21.6 Å². The summed E-state index contributed by atoms with van der Waals surface area (Å²) < 4.78 is 5.24. The lowest BCUT2D eigenvalue weighted by Crippen LogP contribution is -2.04. The molecule has 1 rings (SSSR count). The largest absolute Gasteiger partial charge is 0.373 e. The van der Waals surface area contributed by atoms with Crippen molar-refractivity contribution < 1.29 is 4.74 Å². The highest BCUT2D eigenvalue weighted by atomic mass is 16.5. The van der Waals surface area contributed by atoms with E-state index >= 15 is 0 Å². The van der Waals surface area contributed by atoms with E-state index in [2.05, 4.69) is 4.99 Å². The van der Waals surface area contributed by atoms with Crippen LogP contribution in [0.4, 0.5) is 0 Å². The van der Waals surface area contributed by atoms with E-state index in [9.17, 15) is 0 Å². The number of hydrogen-bond donors (Lipinski definition) is 0. The van der Waals surface area contributed by atoms with Gasteiger partial charge in [0.15, 0.2) is 0 Å². The molecule has 0 N–H and O–H groups in total. The maximum absolute atomic E-state index is 5.24. The van der Waals surface area contributed by atoms with Crippen molar-refractivity contribution in [3.63, 3.8) is 0 Å². The average molecular weight is 113 g/mol. The first-order valence-corrected chi connectivity index (χ1v) is 2.97. The molecule has 1 fully saturated rings. The molecule has 1 atom stereocenters. The fourth-order valence-corrected chi connectivity index (χ4v) is 0.886. The van der Waals surface area contributed by atoms with Crippen LogP contribution in [0.15, 0.2) is 4.99 Å². The summed E-state index contributed by atoms with van der Waals surface area (Å²) in [5.74, 6) is 0. The molecule has 0 saturated carbocycles. The van der Waals surface area contributed by atoms with E-state index in [1.807, 2.05) is 6.21 Å². The lowest BCUT2D eigenvalue weighted by molar-refractivity contribution is 0.162. The summed E-state index contributed by atoms with van der Waals surface area (Å²) in [4.78, 5) is 3.87. The van der Waals surface area contributed by atoms with Crippen molar-refractivity contribution in [3.8, 4) is 0 Å². The molecule has 0 bridgehead atoms. The Morgan fingerprint density at radius 1 is 1.75 bits per heavy atom. The van der Waals surface area contributed by atoms with E-state index in [0.29, 0.717) is 6.10 Å². The second-order valence-electron chi connectivity index (χ2n) is 1.96. The van der Waals surface area contributed by atoms with Crippen LogP contribution in [-0.4, -0.2) is 26.0 Å². The first-order valence-electron chi connectivity index (χ1n) is 2.97. The summed E-state index contributed by atoms with van der Waals surface area (Å²) in [5.41, 5.74) is 0.